The third kappa shape index (κ3) is 7.03. The lowest BCUT2D eigenvalue weighted by molar-refractivity contribution is -0.123. The molecule has 0 aliphatic rings. The van der Waals surface area contributed by atoms with Crippen molar-refractivity contribution in [3.63, 3.8) is 0 Å². The van der Waals surface area contributed by atoms with Crippen molar-refractivity contribution in [2.45, 2.75) is 19.5 Å². The molecule has 3 aromatic carbocycles. The maximum atomic E-state index is 14.0. The van der Waals surface area contributed by atoms with Crippen LogP contribution in [0, 0.1) is 5.82 Å². The van der Waals surface area contributed by atoms with Crippen LogP contribution in [-0.2, 0) is 21.4 Å². The number of carbonyl (C=O) groups is 1. The van der Waals surface area contributed by atoms with Gasteiger partial charge in [-0.05, 0) is 55.0 Å². The molecule has 0 bridgehead atoms. The average Bonchev–Trinajstić information content (AvgIpc) is 2.77. The summed E-state index contributed by atoms with van der Waals surface area (Å²) < 4.78 is 46.2. The molecule has 0 heterocycles. The van der Waals surface area contributed by atoms with E-state index in [1.165, 1.54) is 6.07 Å². The Morgan fingerprint density at radius 3 is 2.42 bits per heavy atom. The van der Waals surface area contributed by atoms with E-state index in [1.807, 2.05) is 31.2 Å². The third-order valence-corrected chi connectivity index (χ3v) is 6.53. The summed E-state index contributed by atoms with van der Waals surface area (Å²) in [5.41, 5.74) is 1.58. The van der Waals surface area contributed by atoms with Crippen LogP contribution in [0.3, 0.4) is 0 Å². The summed E-state index contributed by atoms with van der Waals surface area (Å²) >= 11 is 3.41. The second kappa shape index (κ2) is 10.8. The van der Waals surface area contributed by atoms with Gasteiger partial charge < -0.3 is 10.1 Å². The smallest absolute Gasteiger partial charge is 0.258 e. The SMILES string of the molecule is C[C@@H](NC(=O)COc1ccc(N(Cc2ccccc2F)S(C)(=O)=O)cc1)c1cccc(Br)c1. The van der Waals surface area contributed by atoms with E-state index < -0.39 is 15.8 Å². The van der Waals surface area contributed by atoms with Gasteiger partial charge in [0.05, 0.1) is 24.5 Å². The first-order valence-corrected chi connectivity index (χ1v) is 12.8. The fraction of sp³-hybridized carbons (Fsp3) is 0.208. The molecule has 0 aliphatic heterocycles. The fourth-order valence-corrected chi connectivity index (χ4v) is 4.48. The maximum Gasteiger partial charge on any atom is 0.258 e. The van der Waals surface area contributed by atoms with E-state index >= 15 is 0 Å². The van der Waals surface area contributed by atoms with Crippen molar-refractivity contribution >= 4 is 37.5 Å². The van der Waals surface area contributed by atoms with Gasteiger partial charge in [0.25, 0.3) is 5.91 Å². The molecule has 3 aromatic rings. The lowest BCUT2D eigenvalue weighted by Crippen LogP contribution is -2.31. The number of sulfonamides is 1. The zero-order valence-electron chi connectivity index (χ0n) is 18.2. The summed E-state index contributed by atoms with van der Waals surface area (Å²) in [7, 11) is -3.66. The fourth-order valence-electron chi connectivity index (χ4n) is 3.18. The number of nitrogens with zero attached hydrogens (tertiary/aromatic N) is 1. The second-order valence-electron chi connectivity index (χ2n) is 7.49. The molecule has 1 atom stereocenters. The number of rotatable bonds is 9. The Bertz CT molecular complexity index is 1220. The molecular formula is C24H24BrFN2O4S. The number of amides is 1. The van der Waals surface area contributed by atoms with Crippen LogP contribution in [-0.4, -0.2) is 27.2 Å². The first-order valence-electron chi connectivity index (χ1n) is 10.1. The standard InChI is InChI=1S/C24H24BrFN2O4S/c1-17(18-7-5-8-20(25)14-18)27-24(29)16-32-22-12-10-21(11-13-22)28(33(2,30)31)15-19-6-3-4-9-23(19)26/h3-14,17H,15-16H2,1-2H3,(H,27,29)/t17-/m1/s1. The molecule has 0 saturated carbocycles. The zero-order valence-corrected chi connectivity index (χ0v) is 20.6. The summed E-state index contributed by atoms with van der Waals surface area (Å²) in [6.45, 7) is 1.55. The van der Waals surface area contributed by atoms with Crippen LogP contribution >= 0.6 is 15.9 Å². The number of carbonyl (C=O) groups excluding carboxylic acids is 1. The van der Waals surface area contributed by atoms with Gasteiger partial charge in [-0.1, -0.05) is 46.3 Å². The molecule has 6 nitrogen and oxygen atoms in total. The lowest BCUT2D eigenvalue weighted by Gasteiger charge is -2.23. The Morgan fingerprint density at radius 1 is 1.09 bits per heavy atom. The van der Waals surface area contributed by atoms with Crippen LogP contribution in [0.1, 0.15) is 24.1 Å². The van der Waals surface area contributed by atoms with Crippen LogP contribution in [0.4, 0.5) is 10.1 Å². The van der Waals surface area contributed by atoms with Crippen molar-refractivity contribution in [1.82, 2.24) is 5.32 Å². The predicted octanol–water partition coefficient (Wildman–Crippen LogP) is 4.81. The molecule has 0 aromatic heterocycles. The van der Waals surface area contributed by atoms with Crippen LogP contribution in [0.2, 0.25) is 0 Å². The van der Waals surface area contributed by atoms with Crippen LogP contribution in [0.15, 0.2) is 77.3 Å². The zero-order chi connectivity index (χ0) is 24.0. The predicted molar refractivity (Wildman–Crippen MR) is 130 cm³/mol. The van der Waals surface area contributed by atoms with Crippen LogP contribution < -0.4 is 14.4 Å². The largest absolute Gasteiger partial charge is 0.484 e. The Morgan fingerprint density at radius 2 is 1.79 bits per heavy atom. The summed E-state index contributed by atoms with van der Waals surface area (Å²) in [4.78, 5) is 12.3. The number of anilines is 1. The van der Waals surface area contributed by atoms with Gasteiger partial charge in [-0.15, -0.1) is 0 Å². The molecule has 174 valence electrons. The number of ether oxygens (including phenoxy) is 1. The molecule has 9 heteroatoms. The van der Waals surface area contributed by atoms with Crippen LogP contribution in [0.25, 0.3) is 0 Å². The minimum Gasteiger partial charge on any atom is -0.484 e. The summed E-state index contributed by atoms with van der Waals surface area (Å²) in [6, 6.07) is 19.7. The highest BCUT2D eigenvalue weighted by Gasteiger charge is 2.19. The minimum absolute atomic E-state index is 0.137. The molecule has 0 radical (unpaired) electrons. The quantitative estimate of drug-likeness (QED) is 0.427. The molecular weight excluding hydrogens is 511 g/mol. The number of halogens is 2. The Kier molecular flexibility index (Phi) is 8.10. The van der Waals surface area contributed by atoms with Gasteiger partial charge in [0.1, 0.15) is 11.6 Å². The van der Waals surface area contributed by atoms with E-state index in [9.17, 15) is 17.6 Å². The van der Waals surface area contributed by atoms with Gasteiger partial charge in [-0.2, -0.15) is 0 Å². The number of benzene rings is 3. The monoisotopic (exact) mass is 534 g/mol. The van der Waals surface area contributed by atoms with Crippen molar-refractivity contribution in [2.24, 2.45) is 0 Å². The van der Waals surface area contributed by atoms with Crippen molar-refractivity contribution < 1.29 is 22.3 Å². The summed E-state index contributed by atoms with van der Waals surface area (Å²) in [5, 5.41) is 2.87. The molecule has 1 amide bonds. The Labute approximate surface area is 201 Å². The van der Waals surface area contributed by atoms with Crippen molar-refractivity contribution in [3.05, 3.63) is 94.2 Å². The van der Waals surface area contributed by atoms with Crippen molar-refractivity contribution in [2.75, 3.05) is 17.2 Å². The molecule has 0 saturated heterocycles. The van der Waals surface area contributed by atoms with Gasteiger partial charge >= 0.3 is 0 Å². The lowest BCUT2D eigenvalue weighted by atomic mass is 10.1. The molecule has 0 aliphatic carbocycles. The normalized spacial score (nSPS) is 12.1. The number of nitrogens with one attached hydrogen (secondary N) is 1. The topological polar surface area (TPSA) is 75.7 Å². The van der Waals surface area contributed by atoms with E-state index in [0.717, 1.165) is 20.6 Å². The van der Waals surface area contributed by atoms with Gasteiger partial charge in [0, 0.05) is 10.0 Å². The Hall–Kier alpha value is -2.91. The Balaban J connectivity index is 1.62. The second-order valence-corrected chi connectivity index (χ2v) is 10.3. The first-order chi connectivity index (χ1) is 15.6. The highest BCUT2D eigenvalue weighted by atomic mass is 79.9. The van der Waals surface area contributed by atoms with E-state index in [-0.39, 0.29) is 30.7 Å². The van der Waals surface area contributed by atoms with Crippen LogP contribution in [0.5, 0.6) is 5.75 Å². The molecule has 1 N–H and O–H groups in total. The summed E-state index contributed by atoms with van der Waals surface area (Å²) in [5.74, 6) is -0.360. The average molecular weight is 535 g/mol. The first kappa shape index (κ1) is 24.7. The molecule has 33 heavy (non-hydrogen) atoms. The summed E-state index contributed by atoms with van der Waals surface area (Å²) in [6.07, 6.45) is 1.06. The van der Waals surface area contributed by atoms with E-state index in [2.05, 4.69) is 21.2 Å². The van der Waals surface area contributed by atoms with Gasteiger partial charge in [0.2, 0.25) is 10.0 Å². The van der Waals surface area contributed by atoms with E-state index in [4.69, 9.17) is 4.74 Å². The number of hydrogen-bond donors (Lipinski definition) is 1. The van der Waals surface area contributed by atoms with Crippen molar-refractivity contribution in [1.29, 1.82) is 0 Å². The number of hydrogen-bond acceptors (Lipinski definition) is 4. The highest BCUT2D eigenvalue weighted by molar-refractivity contribution is 9.10. The van der Waals surface area contributed by atoms with Crippen molar-refractivity contribution in [3.8, 4) is 5.75 Å². The van der Waals surface area contributed by atoms with Gasteiger partial charge in [0.15, 0.2) is 6.61 Å². The van der Waals surface area contributed by atoms with E-state index in [0.29, 0.717) is 11.4 Å². The third-order valence-electron chi connectivity index (χ3n) is 4.89. The minimum atomic E-state index is -3.66. The van der Waals surface area contributed by atoms with E-state index in [1.54, 1.807) is 42.5 Å². The van der Waals surface area contributed by atoms with Gasteiger partial charge in [-0.25, -0.2) is 12.8 Å². The molecule has 3 rings (SSSR count). The highest BCUT2D eigenvalue weighted by Crippen LogP contribution is 2.24. The molecule has 0 unspecified atom stereocenters. The molecule has 0 fully saturated rings. The molecule has 0 spiro atoms. The van der Waals surface area contributed by atoms with Gasteiger partial charge in [-0.3, -0.25) is 9.10 Å². The maximum absolute atomic E-state index is 14.0.